The highest BCUT2D eigenvalue weighted by Crippen LogP contribution is 2.52. The van der Waals surface area contributed by atoms with E-state index in [1.807, 2.05) is 20.8 Å². The van der Waals surface area contributed by atoms with Crippen molar-refractivity contribution in [2.45, 2.75) is 65.3 Å². The van der Waals surface area contributed by atoms with E-state index in [4.69, 9.17) is 0 Å². The summed E-state index contributed by atoms with van der Waals surface area (Å²) in [6, 6.07) is 6.30. The molecule has 1 heterocycles. The highest BCUT2D eigenvalue weighted by molar-refractivity contribution is 5.99. The van der Waals surface area contributed by atoms with E-state index in [-0.39, 0.29) is 34.0 Å². The van der Waals surface area contributed by atoms with Gasteiger partial charge in [0.15, 0.2) is 0 Å². The van der Waals surface area contributed by atoms with Gasteiger partial charge in [-0.1, -0.05) is 44.9 Å². The Labute approximate surface area is 163 Å². The van der Waals surface area contributed by atoms with E-state index < -0.39 is 23.7 Å². The van der Waals surface area contributed by atoms with Crippen molar-refractivity contribution in [1.82, 2.24) is 5.01 Å². The first-order valence-electron chi connectivity index (χ1n) is 9.69. The Kier molecular flexibility index (Phi) is 5.11. The molecule has 1 aliphatic carbocycles. The van der Waals surface area contributed by atoms with Crippen molar-refractivity contribution in [3.05, 3.63) is 35.4 Å². The van der Waals surface area contributed by atoms with E-state index in [0.29, 0.717) is 12.8 Å². The first kappa shape index (κ1) is 20.8. The average molecular weight is 396 g/mol. The highest BCUT2D eigenvalue weighted by Gasteiger charge is 2.69. The van der Waals surface area contributed by atoms with Crippen LogP contribution in [0.1, 0.15) is 62.4 Å². The van der Waals surface area contributed by atoms with E-state index >= 15 is 0 Å². The summed E-state index contributed by atoms with van der Waals surface area (Å²) in [4.78, 5) is 12.9. The predicted octanol–water partition coefficient (Wildman–Crippen LogP) is 4.91. The van der Waals surface area contributed by atoms with E-state index in [0.717, 1.165) is 12.0 Å². The van der Waals surface area contributed by atoms with Crippen LogP contribution in [-0.4, -0.2) is 33.6 Å². The van der Waals surface area contributed by atoms with Gasteiger partial charge in [-0.05, 0) is 49.7 Å². The Morgan fingerprint density at radius 1 is 1.36 bits per heavy atom. The molecule has 3 atom stereocenters. The number of hydrogen-bond acceptors (Lipinski definition) is 3. The van der Waals surface area contributed by atoms with E-state index in [9.17, 15) is 23.1 Å². The molecule has 0 radical (unpaired) electrons. The van der Waals surface area contributed by atoms with Crippen LogP contribution in [0.25, 0.3) is 0 Å². The van der Waals surface area contributed by atoms with E-state index in [1.165, 1.54) is 12.1 Å². The van der Waals surface area contributed by atoms with Crippen LogP contribution in [-0.2, 0) is 0 Å². The van der Waals surface area contributed by atoms with Gasteiger partial charge in [0, 0.05) is 11.3 Å². The van der Waals surface area contributed by atoms with Crippen molar-refractivity contribution in [2.75, 3.05) is 0 Å². The second kappa shape index (κ2) is 6.87. The molecule has 1 N–H and O–H groups in total. The lowest BCUT2D eigenvalue weighted by Gasteiger charge is -2.43. The normalized spacial score (nSPS) is 28.1. The van der Waals surface area contributed by atoms with E-state index in [1.54, 1.807) is 19.1 Å². The largest absolute Gasteiger partial charge is 0.439 e. The number of nitrogens with zero attached hydrogens (tertiary/aromatic N) is 2. The van der Waals surface area contributed by atoms with Crippen LogP contribution in [0, 0.1) is 24.2 Å². The van der Waals surface area contributed by atoms with Crippen molar-refractivity contribution >= 4 is 11.6 Å². The smallest absolute Gasteiger partial charge is 0.362 e. The molecule has 1 saturated carbocycles. The maximum absolute atomic E-state index is 14.1. The Balaban J connectivity index is 2.01. The molecule has 1 amide bonds. The van der Waals surface area contributed by atoms with Crippen LogP contribution in [0.2, 0.25) is 0 Å². The summed E-state index contributed by atoms with van der Waals surface area (Å²) >= 11 is 0. The lowest BCUT2D eigenvalue weighted by Crippen LogP contribution is -2.62. The van der Waals surface area contributed by atoms with Crippen molar-refractivity contribution in [1.29, 1.82) is 0 Å². The molecule has 3 rings (SSSR count). The number of aryl methyl sites for hydroxylation is 1. The van der Waals surface area contributed by atoms with Crippen LogP contribution in [0.4, 0.5) is 13.2 Å². The van der Waals surface area contributed by atoms with Crippen LogP contribution >= 0.6 is 0 Å². The molecule has 28 heavy (non-hydrogen) atoms. The molecular weight excluding hydrogens is 369 g/mol. The molecule has 1 aromatic carbocycles. The second-order valence-corrected chi connectivity index (χ2v) is 8.67. The molecule has 0 spiro atoms. The second-order valence-electron chi connectivity index (χ2n) is 8.67. The lowest BCUT2D eigenvalue weighted by molar-refractivity contribution is -0.314. The third-order valence-corrected chi connectivity index (χ3v) is 6.60. The minimum Gasteiger partial charge on any atom is -0.362 e. The molecule has 2 aliphatic rings. The summed E-state index contributed by atoms with van der Waals surface area (Å²) in [6.45, 7) is 7.84. The van der Waals surface area contributed by atoms with Gasteiger partial charge in [-0.2, -0.15) is 23.3 Å². The van der Waals surface area contributed by atoms with Gasteiger partial charge in [0.2, 0.25) is 0 Å². The number of benzene rings is 1. The number of rotatable bonds is 3. The van der Waals surface area contributed by atoms with Gasteiger partial charge in [0.25, 0.3) is 11.6 Å². The zero-order chi connectivity index (χ0) is 20.9. The maximum atomic E-state index is 14.1. The minimum absolute atomic E-state index is 0.0179. The number of aliphatic hydroxyl groups is 1. The first-order valence-corrected chi connectivity index (χ1v) is 9.69. The van der Waals surface area contributed by atoms with Crippen LogP contribution in [0.5, 0.6) is 0 Å². The molecule has 0 saturated heterocycles. The molecule has 1 aliphatic heterocycles. The Bertz CT molecular complexity index is 803. The van der Waals surface area contributed by atoms with Crippen LogP contribution < -0.4 is 0 Å². The molecular formula is C21H27F3N2O2. The van der Waals surface area contributed by atoms with Crippen molar-refractivity contribution in [3.8, 4) is 0 Å². The molecule has 4 nitrogen and oxygen atoms in total. The number of carbonyl (C=O) groups is 1. The molecule has 1 fully saturated rings. The first-order chi connectivity index (χ1) is 12.9. The Hall–Kier alpha value is -1.89. The number of amides is 1. The Morgan fingerprint density at radius 3 is 2.61 bits per heavy atom. The van der Waals surface area contributed by atoms with Crippen molar-refractivity contribution < 1.29 is 23.1 Å². The number of alkyl halides is 3. The summed E-state index contributed by atoms with van der Waals surface area (Å²) in [5.41, 5.74) is -2.37. The number of halogens is 3. The SMILES string of the molecule is CCC(C)(C)[C@@H]1CCC2=NN(C(=O)c3cccc(C)c3)[C@@](O)(C(F)(F)F)[C@H]2C1. The zero-order valence-electron chi connectivity index (χ0n) is 16.7. The zero-order valence-corrected chi connectivity index (χ0v) is 16.7. The van der Waals surface area contributed by atoms with Gasteiger partial charge in [0.1, 0.15) is 0 Å². The Morgan fingerprint density at radius 2 is 2.04 bits per heavy atom. The van der Waals surface area contributed by atoms with Gasteiger partial charge in [-0.15, -0.1) is 0 Å². The molecule has 0 bridgehead atoms. The van der Waals surface area contributed by atoms with Crippen LogP contribution in [0.3, 0.4) is 0 Å². The van der Waals surface area contributed by atoms with Gasteiger partial charge in [0.05, 0.1) is 5.92 Å². The lowest BCUT2D eigenvalue weighted by atomic mass is 9.64. The van der Waals surface area contributed by atoms with Crippen molar-refractivity contribution in [2.24, 2.45) is 22.4 Å². The number of fused-ring (bicyclic) bond motifs is 1. The topological polar surface area (TPSA) is 52.9 Å². The molecule has 0 aromatic heterocycles. The summed E-state index contributed by atoms with van der Waals surface area (Å²) < 4.78 is 42.3. The maximum Gasteiger partial charge on any atom is 0.439 e. The molecule has 1 aromatic rings. The monoisotopic (exact) mass is 396 g/mol. The minimum atomic E-state index is -5.01. The third kappa shape index (κ3) is 3.23. The van der Waals surface area contributed by atoms with Gasteiger partial charge in [-0.25, -0.2) is 0 Å². The highest BCUT2D eigenvalue weighted by atomic mass is 19.4. The summed E-state index contributed by atoms with van der Waals surface area (Å²) in [5.74, 6) is -2.15. The summed E-state index contributed by atoms with van der Waals surface area (Å²) in [6.07, 6.45) is -2.97. The number of hydrogen-bond donors (Lipinski definition) is 1. The molecule has 154 valence electrons. The van der Waals surface area contributed by atoms with Crippen LogP contribution in [0.15, 0.2) is 29.4 Å². The summed E-state index contributed by atoms with van der Waals surface area (Å²) in [7, 11) is 0. The quantitative estimate of drug-likeness (QED) is 0.789. The van der Waals surface area contributed by atoms with Gasteiger partial charge < -0.3 is 5.11 Å². The number of carbonyl (C=O) groups excluding carboxylic acids is 1. The van der Waals surface area contributed by atoms with Crippen molar-refractivity contribution in [3.63, 3.8) is 0 Å². The average Bonchev–Trinajstić information content (AvgIpc) is 2.94. The fourth-order valence-electron chi connectivity index (χ4n) is 4.32. The van der Waals surface area contributed by atoms with Gasteiger partial charge >= 0.3 is 6.18 Å². The molecule has 0 unspecified atom stereocenters. The van der Waals surface area contributed by atoms with Gasteiger partial charge in [-0.3, -0.25) is 4.79 Å². The molecule has 7 heteroatoms. The van der Waals surface area contributed by atoms with E-state index in [2.05, 4.69) is 5.10 Å². The standard InChI is InChI=1S/C21H27F3N2O2/c1-5-19(3,4)15-9-10-17-16(12-15)20(28,21(22,23)24)26(25-17)18(27)14-8-6-7-13(2)11-14/h6-8,11,15-16,28H,5,9-10,12H2,1-4H3/t15-,16+,20+/m1/s1. The summed E-state index contributed by atoms with van der Waals surface area (Å²) in [5, 5.41) is 15.2. The predicted molar refractivity (Wildman–Crippen MR) is 101 cm³/mol. The fraction of sp³-hybridized carbons (Fsp3) is 0.619. The fourth-order valence-corrected chi connectivity index (χ4v) is 4.32. The third-order valence-electron chi connectivity index (χ3n) is 6.60. The number of hydrazone groups is 1.